The molecule has 0 aliphatic carbocycles. The smallest absolute Gasteiger partial charge is 0.234 e. The molecule has 124 valence electrons. The number of thioether (sulfide) groups is 1. The molecule has 2 aromatic rings. The zero-order chi connectivity index (χ0) is 17.7. The molecule has 2 rings (SSSR count). The van der Waals surface area contributed by atoms with Gasteiger partial charge in [0.1, 0.15) is 28.2 Å². The number of carbonyl (C=O) groups is 1. The van der Waals surface area contributed by atoms with Crippen LogP contribution in [0.25, 0.3) is 0 Å². The van der Waals surface area contributed by atoms with Gasteiger partial charge in [-0.3, -0.25) is 4.79 Å². The van der Waals surface area contributed by atoms with Crippen molar-refractivity contribution in [2.45, 2.75) is 18.9 Å². The number of nitriles is 1. The standard InChI is InChI=1S/C16H15ClN4O2S/c1-9-12(7-18)16(20-10(2)19-9)24-8-15(22)21-13-6-11(17)4-5-14(13)23-3/h4-6H,8H2,1-3H3,(H,21,22). The summed E-state index contributed by atoms with van der Waals surface area (Å²) in [5.41, 5.74) is 1.48. The highest BCUT2D eigenvalue weighted by molar-refractivity contribution is 8.00. The SMILES string of the molecule is COc1ccc(Cl)cc1NC(=O)CSc1nc(C)nc(C)c1C#N. The monoisotopic (exact) mass is 362 g/mol. The predicted molar refractivity (Wildman–Crippen MR) is 93.6 cm³/mol. The Hall–Kier alpha value is -2.30. The van der Waals surface area contributed by atoms with Gasteiger partial charge in [-0.05, 0) is 32.0 Å². The summed E-state index contributed by atoms with van der Waals surface area (Å²) >= 11 is 7.13. The molecule has 1 heterocycles. The fourth-order valence-electron chi connectivity index (χ4n) is 2.01. The number of methoxy groups -OCH3 is 1. The number of halogens is 1. The molecule has 24 heavy (non-hydrogen) atoms. The van der Waals surface area contributed by atoms with Gasteiger partial charge in [0, 0.05) is 5.02 Å². The highest BCUT2D eigenvalue weighted by atomic mass is 35.5. The lowest BCUT2D eigenvalue weighted by atomic mass is 10.3. The lowest BCUT2D eigenvalue weighted by Crippen LogP contribution is -2.15. The van der Waals surface area contributed by atoms with Crippen molar-refractivity contribution in [2.75, 3.05) is 18.2 Å². The first kappa shape index (κ1) is 18.0. The van der Waals surface area contributed by atoms with E-state index in [4.69, 9.17) is 16.3 Å². The second-order valence-corrected chi connectivity index (χ2v) is 6.23. The Bertz CT molecular complexity index is 820. The molecule has 0 radical (unpaired) electrons. The maximum atomic E-state index is 12.2. The average molecular weight is 363 g/mol. The minimum absolute atomic E-state index is 0.0975. The van der Waals surface area contributed by atoms with Crippen molar-refractivity contribution in [1.82, 2.24) is 9.97 Å². The fourth-order valence-corrected chi connectivity index (χ4v) is 3.06. The second-order valence-electron chi connectivity index (χ2n) is 4.83. The van der Waals surface area contributed by atoms with E-state index in [2.05, 4.69) is 21.4 Å². The Morgan fingerprint density at radius 3 is 2.83 bits per heavy atom. The maximum Gasteiger partial charge on any atom is 0.234 e. The molecule has 0 bridgehead atoms. The molecule has 0 aliphatic heterocycles. The first-order chi connectivity index (χ1) is 11.4. The third-order valence-electron chi connectivity index (χ3n) is 3.06. The second kappa shape index (κ2) is 7.99. The van der Waals surface area contributed by atoms with E-state index in [1.165, 1.54) is 18.9 Å². The zero-order valence-electron chi connectivity index (χ0n) is 13.4. The van der Waals surface area contributed by atoms with E-state index in [1.807, 2.05) is 0 Å². The van der Waals surface area contributed by atoms with Gasteiger partial charge in [0.25, 0.3) is 0 Å². The Kier molecular flexibility index (Phi) is 6.01. The van der Waals surface area contributed by atoms with Gasteiger partial charge >= 0.3 is 0 Å². The molecule has 0 spiro atoms. The van der Waals surface area contributed by atoms with Crippen molar-refractivity contribution < 1.29 is 9.53 Å². The highest BCUT2D eigenvalue weighted by Gasteiger charge is 2.14. The van der Waals surface area contributed by atoms with Crippen LogP contribution in [0.3, 0.4) is 0 Å². The number of aromatic nitrogens is 2. The van der Waals surface area contributed by atoms with E-state index < -0.39 is 0 Å². The number of amides is 1. The van der Waals surface area contributed by atoms with E-state index >= 15 is 0 Å². The molecule has 0 aliphatic rings. The van der Waals surface area contributed by atoms with Crippen LogP contribution in [0, 0.1) is 25.2 Å². The molecule has 1 aromatic carbocycles. The van der Waals surface area contributed by atoms with Crippen molar-refractivity contribution in [3.8, 4) is 11.8 Å². The summed E-state index contributed by atoms with van der Waals surface area (Å²) in [4.78, 5) is 20.6. The number of rotatable bonds is 5. The van der Waals surface area contributed by atoms with Gasteiger partial charge in [-0.15, -0.1) is 0 Å². The quantitative estimate of drug-likeness (QED) is 0.648. The van der Waals surface area contributed by atoms with Gasteiger partial charge in [0.2, 0.25) is 5.91 Å². The van der Waals surface area contributed by atoms with Crippen LogP contribution >= 0.6 is 23.4 Å². The number of hydrogen-bond acceptors (Lipinski definition) is 6. The summed E-state index contributed by atoms with van der Waals surface area (Å²) < 4.78 is 5.19. The number of hydrogen-bond donors (Lipinski definition) is 1. The van der Waals surface area contributed by atoms with Gasteiger partial charge in [0.05, 0.1) is 24.2 Å². The summed E-state index contributed by atoms with van der Waals surface area (Å²) in [5.74, 6) is 0.925. The van der Waals surface area contributed by atoms with Crippen molar-refractivity contribution in [1.29, 1.82) is 5.26 Å². The van der Waals surface area contributed by atoms with E-state index in [9.17, 15) is 10.1 Å². The maximum absolute atomic E-state index is 12.2. The van der Waals surface area contributed by atoms with Gasteiger partial charge in [-0.2, -0.15) is 5.26 Å². The third kappa shape index (κ3) is 4.37. The average Bonchev–Trinajstić information content (AvgIpc) is 2.52. The zero-order valence-corrected chi connectivity index (χ0v) is 15.0. The van der Waals surface area contributed by atoms with E-state index in [0.29, 0.717) is 38.6 Å². The van der Waals surface area contributed by atoms with Crippen LogP contribution in [0.15, 0.2) is 23.2 Å². The molecule has 6 nitrogen and oxygen atoms in total. The summed E-state index contributed by atoms with van der Waals surface area (Å²) in [6, 6.07) is 7.04. The number of carbonyl (C=O) groups excluding carboxylic acids is 1. The Morgan fingerprint density at radius 1 is 1.42 bits per heavy atom. The Labute approximate surface area is 149 Å². The predicted octanol–water partition coefficient (Wildman–Crippen LogP) is 3.36. The minimum Gasteiger partial charge on any atom is -0.495 e. The summed E-state index contributed by atoms with van der Waals surface area (Å²) in [6.45, 7) is 3.49. The first-order valence-corrected chi connectivity index (χ1v) is 8.32. The van der Waals surface area contributed by atoms with Crippen LogP contribution in [0.2, 0.25) is 5.02 Å². The van der Waals surface area contributed by atoms with Crippen molar-refractivity contribution >= 4 is 35.0 Å². The van der Waals surface area contributed by atoms with Crippen LogP contribution in [0.1, 0.15) is 17.1 Å². The van der Waals surface area contributed by atoms with Crippen LogP contribution in [0.4, 0.5) is 5.69 Å². The van der Waals surface area contributed by atoms with Gasteiger partial charge in [0.15, 0.2) is 0 Å². The van der Waals surface area contributed by atoms with E-state index in [-0.39, 0.29) is 11.7 Å². The van der Waals surface area contributed by atoms with Crippen molar-refractivity contribution in [3.05, 3.63) is 40.3 Å². The Balaban J connectivity index is 2.10. The molecule has 1 N–H and O–H groups in total. The van der Waals surface area contributed by atoms with E-state index in [0.717, 1.165) is 0 Å². The molecular weight excluding hydrogens is 348 g/mol. The van der Waals surface area contributed by atoms with Crippen molar-refractivity contribution in [2.24, 2.45) is 0 Å². The van der Waals surface area contributed by atoms with Crippen LogP contribution in [-0.4, -0.2) is 28.7 Å². The molecule has 8 heteroatoms. The minimum atomic E-state index is -0.252. The number of aryl methyl sites for hydroxylation is 2. The van der Waals surface area contributed by atoms with Gasteiger partial charge in [-0.25, -0.2) is 9.97 Å². The lowest BCUT2D eigenvalue weighted by Gasteiger charge is -2.11. The molecule has 0 saturated carbocycles. The number of nitrogens with zero attached hydrogens (tertiary/aromatic N) is 3. The number of nitrogens with one attached hydrogen (secondary N) is 1. The summed E-state index contributed by atoms with van der Waals surface area (Å²) in [7, 11) is 1.51. The Morgan fingerprint density at radius 2 is 2.17 bits per heavy atom. The van der Waals surface area contributed by atoms with Crippen LogP contribution < -0.4 is 10.1 Å². The third-order valence-corrected chi connectivity index (χ3v) is 4.27. The number of benzene rings is 1. The highest BCUT2D eigenvalue weighted by Crippen LogP contribution is 2.28. The largest absolute Gasteiger partial charge is 0.495 e. The summed E-state index contributed by atoms with van der Waals surface area (Å²) in [6.07, 6.45) is 0. The molecule has 0 atom stereocenters. The number of ether oxygens (including phenoxy) is 1. The van der Waals surface area contributed by atoms with Gasteiger partial charge in [-0.1, -0.05) is 23.4 Å². The van der Waals surface area contributed by atoms with Crippen molar-refractivity contribution in [3.63, 3.8) is 0 Å². The molecular formula is C16H15ClN4O2S. The molecule has 1 amide bonds. The first-order valence-electron chi connectivity index (χ1n) is 6.96. The van der Waals surface area contributed by atoms with Crippen LogP contribution in [-0.2, 0) is 4.79 Å². The normalized spacial score (nSPS) is 10.1. The fraction of sp³-hybridized carbons (Fsp3) is 0.250. The summed E-state index contributed by atoms with van der Waals surface area (Å²) in [5, 5.41) is 12.9. The molecule has 1 aromatic heterocycles. The number of anilines is 1. The molecule has 0 saturated heterocycles. The molecule has 0 unspecified atom stereocenters. The lowest BCUT2D eigenvalue weighted by molar-refractivity contribution is -0.113. The van der Waals surface area contributed by atoms with Crippen LogP contribution in [0.5, 0.6) is 5.75 Å². The molecule has 0 fully saturated rings. The van der Waals surface area contributed by atoms with E-state index in [1.54, 1.807) is 32.0 Å². The van der Waals surface area contributed by atoms with Gasteiger partial charge < -0.3 is 10.1 Å². The topological polar surface area (TPSA) is 87.9 Å².